The molecule has 0 amide bonds. The Bertz CT molecular complexity index is 673. The van der Waals surface area contributed by atoms with Crippen molar-refractivity contribution in [3.05, 3.63) is 52.0 Å². The minimum Gasteiger partial charge on any atom is -0.249 e. The largest absolute Gasteiger partial charge is 0.417 e. The maximum atomic E-state index is 12.9. The molecule has 0 unspecified atom stereocenters. The average Bonchev–Trinajstić information content (AvgIpc) is 2.37. The molecule has 2 aromatic rings. The van der Waals surface area contributed by atoms with Crippen molar-refractivity contribution in [1.29, 1.82) is 0 Å². The fourth-order valence-electron chi connectivity index (χ4n) is 1.69. The third-order valence-corrected chi connectivity index (χ3v) is 2.88. The summed E-state index contributed by atoms with van der Waals surface area (Å²) in [6.45, 7) is 0. The summed E-state index contributed by atoms with van der Waals surface area (Å²) in [5.74, 6) is 4.98. The van der Waals surface area contributed by atoms with Crippen molar-refractivity contribution in [1.82, 2.24) is 4.98 Å². The maximum absolute atomic E-state index is 12.9. The zero-order chi connectivity index (χ0) is 14.9. The molecule has 0 saturated heterocycles. The molecule has 1 aromatic heterocycles. The summed E-state index contributed by atoms with van der Waals surface area (Å²) >= 11 is 5.80. The van der Waals surface area contributed by atoms with E-state index in [2.05, 4.69) is 4.98 Å². The van der Waals surface area contributed by atoms with Crippen LogP contribution < -0.4 is 5.84 Å². The molecule has 0 saturated carbocycles. The van der Waals surface area contributed by atoms with Gasteiger partial charge in [-0.2, -0.15) is 19.0 Å². The first-order valence-electron chi connectivity index (χ1n) is 5.35. The van der Waals surface area contributed by atoms with E-state index in [0.29, 0.717) is 0 Å². The molecule has 104 valence electrons. The molecule has 0 aliphatic heterocycles. The van der Waals surface area contributed by atoms with Gasteiger partial charge in [-0.3, -0.25) is 0 Å². The van der Waals surface area contributed by atoms with Crippen molar-refractivity contribution in [2.24, 2.45) is 5.84 Å². The summed E-state index contributed by atoms with van der Waals surface area (Å²) in [6, 6.07) is 6.12. The fraction of sp³-hybridized carbons (Fsp3) is 0.0833. The van der Waals surface area contributed by atoms with Gasteiger partial charge >= 0.3 is 11.9 Å². The summed E-state index contributed by atoms with van der Waals surface area (Å²) in [4.78, 5) is 14.7. The maximum Gasteiger partial charge on any atom is 0.417 e. The number of nitrogens with two attached hydrogens (primary N) is 1. The van der Waals surface area contributed by atoms with Crippen LogP contribution >= 0.6 is 11.6 Å². The molecular formula is C12H8ClF3N3O+. The molecule has 2 rings (SSSR count). The molecule has 0 bridgehead atoms. The molecule has 20 heavy (non-hydrogen) atoms. The Morgan fingerprint density at radius 3 is 2.45 bits per heavy atom. The molecule has 8 heteroatoms. The Kier molecular flexibility index (Phi) is 3.63. The summed E-state index contributed by atoms with van der Waals surface area (Å²) in [7, 11) is 0. The van der Waals surface area contributed by atoms with Crippen molar-refractivity contribution in [3.63, 3.8) is 0 Å². The lowest BCUT2D eigenvalue weighted by Gasteiger charge is -2.12. The van der Waals surface area contributed by atoms with Gasteiger partial charge in [0.05, 0.1) is 16.2 Å². The average molecular weight is 303 g/mol. The number of hydrogen-bond donors (Lipinski definition) is 1. The van der Waals surface area contributed by atoms with Crippen LogP contribution in [0.15, 0.2) is 36.5 Å². The number of halogens is 4. The Morgan fingerprint density at radius 2 is 1.90 bits per heavy atom. The van der Waals surface area contributed by atoms with Crippen LogP contribution in [-0.2, 0) is 6.18 Å². The molecule has 4 nitrogen and oxygen atoms in total. The number of pyridine rings is 1. The summed E-state index contributed by atoms with van der Waals surface area (Å²) in [5.41, 5.74) is -1.07. The van der Waals surface area contributed by atoms with E-state index in [1.807, 2.05) is 0 Å². The highest BCUT2D eigenvalue weighted by Gasteiger charge is 2.34. The van der Waals surface area contributed by atoms with E-state index in [9.17, 15) is 18.1 Å². The van der Waals surface area contributed by atoms with Gasteiger partial charge in [0.15, 0.2) is 4.87 Å². The van der Waals surface area contributed by atoms with E-state index in [1.54, 1.807) is 0 Å². The molecule has 0 aliphatic rings. The Labute approximate surface area is 116 Å². The van der Waals surface area contributed by atoms with Gasteiger partial charge in [-0.05, 0) is 12.1 Å². The Morgan fingerprint density at radius 1 is 1.25 bits per heavy atom. The lowest BCUT2D eigenvalue weighted by Crippen LogP contribution is -2.10. The zero-order valence-electron chi connectivity index (χ0n) is 9.86. The summed E-state index contributed by atoms with van der Waals surface area (Å²) in [6.07, 6.45) is -3.49. The summed E-state index contributed by atoms with van der Waals surface area (Å²) in [5, 5.41) is -0.0792. The van der Waals surface area contributed by atoms with Crippen molar-refractivity contribution in [2.45, 2.75) is 6.18 Å². The Balaban J connectivity index is 2.59. The van der Waals surface area contributed by atoms with Gasteiger partial charge in [-0.15, -0.1) is 0 Å². The fourth-order valence-corrected chi connectivity index (χ4v) is 1.92. The molecule has 0 radical (unpaired) electrons. The van der Waals surface area contributed by atoms with Gasteiger partial charge in [-0.25, -0.2) is 4.98 Å². The van der Waals surface area contributed by atoms with Crippen LogP contribution in [0, 0.1) is 4.91 Å². The number of hydrogen-bond acceptors (Lipinski definition) is 2. The second-order valence-electron chi connectivity index (χ2n) is 3.89. The second kappa shape index (κ2) is 5.09. The predicted octanol–water partition coefficient (Wildman–Crippen LogP) is 3.70. The molecule has 1 heterocycles. The minimum atomic E-state index is -4.51. The van der Waals surface area contributed by atoms with E-state index in [4.69, 9.17) is 17.4 Å². The number of rotatable bonds is 2. The van der Waals surface area contributed by atoms with Gasteiger partial charge in [0.2, 0.25) is 0 Å². The van der Waals surface area contributed by atoms with Gasteiger partial charge in [0, 0.05) is 5.56 Å². The van der Waals surface area contributed by atoms with Crippen LogP contribution in [0.3, 0.4) is 0 Å². The standard InChI is InChI=1S/C12H8ClF3N3O/c13-9-5-10(18-6-11(9)19(17)20)7-3-1-2-4-8(7)12(14,15)16/h1-6H,(H2,17,20)/q+1. The molecule has 0 spiro atoms. The van der Waals surface area contributed by atoms with E-state index >= 15 is 0 Å². The molecule has 0 atom stereocenters. The number of nitrogens with zero attached hydrogens (tertiary/aromatic N) is 2. The third-order valence-electron chi connectivity index (χ3n) is 2.58. The number of aromatic nitrogens is 1. The van der Waals surface area contributed by atoms with Crippen molar-refractivity contribution in [3.8, 4) is 11.3 Å². The van der Waals surface area contributed by atoms with E-state index < -0.39 is 11.7 Å². The highest BCUT2D eigenvalue weighted by Crippen LogP contribution is 2.37. The van der Waals surface area contributed by atoms with Crippen molar-refractivity contribution in [2.75, 3.05) is 0 Å². The molecule has 0 fully saturated rings. The first kappa shape index (κ1) is 14.3. The van der Waals surface area contributed by atoms with Crippen LogP contribution in [0.1, 0.15) is 5.56 Å². The molecule has 1 aromatic carbocycles. The number of alkyl halides is 3. The molecular weight excluding hydrogens is 295 g/mol. The number of nitroso groups, excluding NO2 is 1. The van der Waals surface area contributed by atoms with Crippen LogP contribution in [0.25, 0.3) is 11.3 Å². The SMILES string of the molecule is N[N+](=O)c1cnc(-c2ccccc2C(F)(F)F)cc1Cl. The first-order valence-corrected chi connectivity index (χ1v) is 5.72. The van der Waals surface area contributed by atoms with Gasteiger partial charge in [0.25, 0.3) is 0 Å². The van der Waals surface area contributed by atoms with E-state index in [-0.39, 0.29) is 26.8 Å². The van der Waals surface area contributed by atoms with Crippen LogP contribution in [-0.4, -0.2) is 9.85 Å². The van der Waals surface area contributed by atoms with Gasteiger partial charge < -0.3 is 0 Å². The lowest BCUT2D eigenvalue weighted by molar-refractivity contribution is -0.474. The smallest absolute Gasteiger partial charge is 0.249 e. The topological polar surface area (TPSA) is 59.0 Å². The monoisotopic (exact) mass is 302 g/mol. The van der Waals surface area contributed by atoms with Crippen LogP contribution in [0.5, 0.6) is 0 Å². The number of benzene rings is 1. The predicted molar refractivity (Wildman–Crippen MR) is 67.2 cm³/mol. The second-order valence-corrected chi connectivity index (χ2v) is 4.30. The lowest BCUT2D eigenvalue weighted by atomic mass is 10.0. The quantitative estimate of drug-likeness (QED) is 0.523. The zero-order valence-corrected chi connectivity index (χ0v) is 10.6. The first-order chi connectivity index (χ1) is 9.30. The van der Waals surface area contributed by atoms with Crippen molar-refractivity contribution >= 4 is 17.3 Å². The van der Waals surface area contributed by atoms with E-state index in [1.165, 1.54) is 24.3 Å². The Hall–Kier alpha value is -2.15. The third kappa shape index (κ3) is 2.72. The number of hydrazine groups is 1. The van der Waals surface area contributed by atoms with E-state index in [0.717, 1.165) is 12.3 Å². The normalized spacial score (nSPS) is 11.4. The van der Waals surface area contributed by atoms with Gasteiger partial charge in [-0.1, -0.05) is 29.8 Å². The minimum absolute atomic E-state index is 0.00518. The highest BCUT2D eigenvalue weighted by molar-refractivity contribution is 6.32. The van der Waals surface area contributed by atoms with Crippen LogP contribution in [0.4, 0.5) is 18.9 Å². The molecule has 0 aliphatic carbocycles. The van der Waals surface area contributed by atoms with Crippen molar-refractivity contribution < 1.29 is 18.0 Å². The highest BCUT2D eigenvalue weighted by atomic mass is 35.5. The molecule has 2 N–H and O–H groups in total. The summed E-state index contributed by atoms with van der Waals surface area (Å²) < 4.78 is 38.7. The van der Waals surface area contributed by atoms with Crippen LogP contribution in [0.2, 0.25) is 5.02 Å². The van der Waals surface area contributed by atoms with Gasteiger partial charge in [0.1, 0.15) is 11.2 Å².